The van der Waals surface area contributed by atoms with Gasteiger partial charge in [-0.2, -0.15) is 0 Å². The van der Waals surface area contributed by atoms with Crippen LogP contribution in [0.1, 0.15) is 59.8 Å². The molecule has 0 radical (unpaired) electrons. The number of Topliss-reactive ketones (excluding diaryl/α,β-unsaturated/α-hetero) is 1. The van der Waals surface area contributed by atoms with Gasteiger partial charge in [-0.3, -0.25) is 4.79 Å². The van der Waals surface area contributed by atoms with Gasteiger partial charge in [0.05, 0.1) is 0 Å². The van der Waals surface area contributed by atoms with Crippen molar-refractivity contribution in [1.29, 1.82) is 0 Å². The van der Waals surface area contributed by atoms with E-state index < -0.39 is 0 Å². The fourth-order valence-corrected chi connectivity index (χ4v) is 1.26. The zero-order chi connectivity index (χ0) is 11.0. The summed E-state index contributed by atoms with van der Waals surface area (Å²) in [5.74, 6) is 0.397. The molecule has 0 aliphatic heterocycles. The van der Waals surface area contributed by atoms with Crippen molar-refractivity contribution in [3.05, 3.63) is 0 Å². The van der Waals surface area contributed by atoms with Crippen molar-refractivity contribution in [3.8, 4) is 0 Å². The Kier molecular flexibility index (Phi) is 6.81. The van der Waals surface area contributed by atoms with Gasteiger partial charge < -0.3 is 5.32 Å². The van der Waals surface area contributed by atoms with Crippen LogP contribution in [0.3, 0.4) is 0 Å². The van der Waals surface area contributed by atoms with Crippen LogP contribution in [-0.4, -0.2) is 17.9 Å². The summed E-state index contributed by atoms with van der Waals surface area (Å²) in [7, 11) is 0. The maximum absolute atomic E-state index is 11.0. The summed E-state index contributed by atoms with van der Waals surface area (Å²) < 4.78 is 0. The molecular formula is C12H25NO. The Bertz CT molecular complexity index is 158. The number of rotatable bonds is 7. The first-order valence-corrected chi connectivity index (χ1v) is 5.72. The Hall–Kier alpha value is -0.370. The fourth-order valence-electron chi connectivity index (χ4n) is 1.26. The quantitative estimate of drug-likeness (QED) is 0.639. The van der Waals surface area contributed by atoms with E-state index in [0.29, 0.717) is 12.2 Å². The van der Waals surface area contributed by atoms with Crippen molar-refractivity contribution < 1.29 is 4.79 Å². The van der Waals surface area contributed by atoms with Crippen molar-refractivity contribution in [1.82, 2.24) is 5.32 Å². The summed E-state index contributed by atoms with van der Waals surface area (Å²) in [6, 6.07) is 0. The third-order valence-electron chi connectivity index (χ3n) is 2.18. The average molecular weight is 199 g/mol. The molecule has 0 rings (SSSR count). The van der Waals surface area contributed by atoms with E-state index >= 15 is 0 Å². The fraction of sp³-hybridized carbons (Fsp3) is 0.917. The topological polar surface area (TPSA) is 29.1 Å². The van der Waals surface area contributed by atoms with E-state index in [4.69, 9.17) is 0 Å². The molecule has 0 atom stereocenters. The van der Waals surface area contributed by atoms with E-state index in [9.17, 15) is 4.79 Å². The lowest BCUT2D eigenvalue weighted by atomic mass is 10.1. The Balaban J connectivity index is 3.18. The first-order chi connectivity index (χ1) is 6.45. The van der Waals surface area contributed by atoms with Gasteiger partial charge in [0.2, 0.25) is 0 Å². The highest BCUT2D eigenvalue weighted by molar-refractivity contribution is 5.77. The predicted octanol–water partition coefficient (Wildman–Crippen LogP) is 2.91. The predicted molar refractivity (Wildman–Crippen MR) is 61.5 cm³/mol. The van der Waals surface area contributed by atoms with Crippen molar-refractivity contribution in [2.24, 2.45) is 0 Å². The molecule has 0 heterocycles. The Morgan fingerprint density at radius 1 is 1.14 bits per heavy atom. The Morgan fingerprint density at radius 2 is 1.79 bits per heavy atom. The van der Waals surface area contributed by atoms with Crippen LogP contribution in [0.2, 0.25) is 0 Å². The molecule has 0 bridgehead atoms. The van der Waals surface area contributed by atoms with Crippen LogP contribution in [0.5, 0.6) is 0 Å². The SMILES string of the molecule is CCC(=O)CCCCCNC(C)(C)C. The highest BCUT2D eigenvalue weighted by Gasteiger charge is 2.06. The molecule has 0 amide bonds. The number of hydrogen-bond acceptors (Lipinski definition) is 2. The number of nitrogens with one attached hydrogen (secondary N) is 1. The van der Waals surface area contributed by atoms with Crippen molar-refractivity contribution in [2.45, 2.75) is 65.3 Å². The largest absolute Gasteiger partial charge is 0.312 e. The van der Waals surface area contributed by atoms with Crippen LogP contribution in [-0.2, 0) is 4.79 Å². The van der Waals surface area contributed by atoms with E-state index in [1.807, 2.05) is 6.92 Å². The first kappa shape index (κ1) is 13.6. The van der Waals surface area contributed by atoms with Crippen molar-refractivity contribution in [3.63, 3.8) is 0 Å². The second kappa shape index (κ2) is 6.99. The van der Waals surface area contributed by atoms with Gasteiger partial charge in [0.25, 0.3) is 0 Å². The lowest BCUT2D eigenvalue weighted by molar-refractivity contribution is -0.118. The van der Waals surface area contributed by atoms with Crippen LogP contribution < -0.4 is 5.32 Å². The number of carbonyl (C=O) groups excluding carboxylic acids is 1. The molecule has 0 fully saturated rings. The van der Waals surface area contributed by atoms with Crippen LogP contribution in [0.4, 0.5) is 0 Å². The molecule has 14 heavy (non-hydrogen) atoms. The van der Waals surface area contributed by atoms with Gasteiger partial charge in [0, 0.05) is 18.4 Å². The van der Waals surface area contributed by atoms with Gasteiger partial charge in [-0.05, 0) is 40.2 Å². The minimum atomic E-state index is 0.221. The van der Waals surface area contributed by atoms with Gasteiger partial charge in [-0.1, -0.05) is 13.3 Å². The monoisotopic (exact) mass is 199 g/mol. The molecule has 0 saturated heterocycles. The minimum Gasteiger partial charge on any atom is -0.312 e. The molecule has 0 aliphatic rings. The van der Waals surface area contributed by atoms with Crippen molar-refractivity contribution in [2.75, 3.05) is 6.54 Å². The molecule has 0 unspecified atom stereocenters. The Labute approximate surface area is 88.5 Å². The summed E-state index contributed by atoms with van der Waals surface area (Å²) in [5.41, 5.74) is 0.221. The minimum absolute atomic E-state index is 0.221. The third-order valence-corrected chi connectivity index (χ3v) is 2.18. The summed E-state index contributed by atoms with van der Waals surface area (Å²) in [4.78, 5) is 11.0. The summed E-state index contributed by atoms with van der Waals surface area (Å²) in [5, 5.41) is 3.44. The van der Waals surface area contributed by atoms with E-state index in [0.717, 1.165) is 25.8 Å². The van der Waals surface area contributed by atoms with Crippen LogP contribution in [0.15, 0.2) is 0 Å². The van der Waals surface area contributed by atoms with Gasteiger partial charge in [0.15, 0.2) is 0 Å². The molecule has 84 valence electrons. The standard InChI is InChI=1S/C12H25NO/c1-5-11(14)9-7-6-8-10-13-12(2,3)4/h13H,5-10H2,1-4H3. The number of ketones is 1. The molecule has 0 spiro atoms. The third kappa shape index (κ3) is 9.72. The van der Waals surface area contributed by atoms with E-state index in [1.54, 1.807) is 0 Å². The second-order valence-electron chi connectivity index (χ2n) is 4.88. The molecule has 0 aromatic heterocycles. The average Bonchev–Trinajstić information content (AvgIpc) is 2.08. The lowest BCUT2D eigenvalue weighted by Gasteiger charge is -2.20. The van der Waals surface area contributed by atoms with E-state index in [1.165, 1.54) is 6.42 Å². The highest BCUT2D eigenvalue weighted by atomic mass is 16.1. The second-order valence-corrected chi connectivity index (χ2v) is 4.88. The smallest absolute Gasteiger partial charge is 0.132 e. The first-order valence-electron chi connectivity index (χ1n) is 5.72. The molecule has 0 saturated carbocycles. The maximum atomic E-state index is 11.0. The van der Waals surface area contributed by atoms with Gasteiger partial charge in [0.1, 0.15) is 5.78 Å². The molecule has 0 aromatic rings. The summed E-state index contributed by atoms with van der Waals surface area (Å²) in [6.07, 6.45) is 4.85. The van der Waals surface area contributed by atoms with E-state index in [2.05, 4.69) is 26.1 Å². The van der Waals surface area contributed by atoms with Crippen LogP contribution in [0, 0.1) is 0 Å². The van der Waals surface area contributed by atoms with Crippen LogP contribution >= 0.6 is 0 Å². The molecule has 0 aliphatic carbocycles. The number of hydrogen-bond donors (Lipinski definition) is 1. The van der Waals surface area contributed by atoms with E-state index in [-0.39, 0.29) is 5.54 Å². The highest BCUT2D eigenvalue weighted by Crippen LogP contribution is 2.03. The van der Waals surface area contributed by atoms with Gasteiger partial charge in [-0.25, -0.2) is 0 Å². The zero-order valence-electron chi connectivity index (χ0n) is 10.2. The summed E-state index contributed by atoms with van der Waals surface area (Å²) in [6.45, 7) is 9.52. The number of carbonyl (C=O) groups is 1. The Morgan fingerprint density at radius 3 is 2.29 bits per heavy atom. The molecule has 2 heteroatoms. The zero-order valence-corrected chi connectivity index (χ0v) is 10.2. The molecular weight excluding hydrogens is 174 g/mol. The van der Waals surface area contributed by atoms with Crippen LogP contribution in [0.25, 0.3) is 0 Å². The molecule has 2 nitrogen and oxygen atoms in total. The lowest BCUT2D eigenvalue weighted by Crippen LogP contribution is -2.36. The number of unbranched alkanes of at least 4 members (excludes halogenated alkanes) is 2. The molecule has 1 N–H and O–H groups in total. The van der Waals surface area contributed by atoms with Gasteiger partial charge >= 0.3 is 0 Å². The maximum Gasteiger partial charge on any atom is 0.132 e. The molecule has 0 aromatic carbocycles. The summed E-state index contributed by atoms with van der Waals surface area (Å²) >= 11 is 0. The normalized spacial score (nSPS) is 11.7. The van der Waals surface area contributed by atoms with Gasteiger partial charge in [-0.15, -0.1) is 0 Å². The van der Waals surface area contributed by atoms with Crippen molar-refractivity contribution >= 4 is 5.78 Å².